The van der Waals surface area contributed by atoms with E-state index in [9.17, 15) is 8.78 Å². The highest BCUT2D eigenvalue weighted by Gasteiger charge is 2.26. The van der Waals surface area contributed by atoms with Gasteiger partial charge in [0.1, 0.15) is 5.82 Å². The zero-order valence-corrected chi connectivity index (χ0v) is 23.8. The van der Waals surface area contributed by atoms with Gasteiger partial charge in [0, 0.05) is 0 Å². The minimum absolute atomic E-state index is 0.0790. The van der Waals surface area contributed by atoms with Crippen molar-refractivity contribution in [3.05, 3.63) is 64.0 Å². The SMILES string of the molecule is CCCC1CCC(CCC2CCC(c3cc(C)c(CCc4ccc(OCC)c(F)c4F)c(F)c3)CC2)CC1. The fraction of sp³-hybridized carbons (Fsp3) is 0.647. The third kappa shape index (κ3) is 7.36. The van der Waals surface area contributed by atoms with Gasteiger partial charge in [0.2, 0.25) is 5.82 Å². The van der Waals surface area contributed by atoms with Crippen LogP contribution in [0.2, 0.25) is 0 Å². The van der Waals surface area contributed by atoms with Gasteiger partial charge < -0.3 is 4.74 Å². The number of benzene rings is 2. The minimum atomic E-state index is -0.966. The fourth-order valence-electron chi connectivity index (χ4n) is 7.12. The summed E-state index contributed by atoms with van der Waals surface area (Å²) in [6.07, 6.45) is 16.6. The maximum atomic E-state index is 15.2. The lowest BCUT2D eigenvalue weighted by Crippen LogP contribution is -2.18. The monoisotopic (exact) mass is 528 g/mol. The second-order valence-corrected chi connectivity index (χ2v) is 12.1. The maximum absolute atomic E-state index is 15.2. The lowest BCUT2D eigenvalue weighted by atomic mass is 9.73. The third-order valence-electron chi connectivity index (χ3n) is 9.48. The molecule has 1 nitrogen and oxygen atoms in total. The molecular weight excluding hydrogens is 481 g/mol. The molecule has 2 aromatic rings. The highest BCUT2D eigenvalue weighted by Crippen LogP contribution is 2.41. The van der Waals surface area contributed by atoms with Crippen LogP contribution in [-0.4, -0.2) is 6.61 Å². The number of hydrogen-bond acceptors (Lipinski definition) is 1. The third-order valence-corrected chi connectivity index (χ3v) is 9.48. The summed E-state index contributed by atoms with van der Waals surface area (Å²) in [7, 11) is 0. The van der Waals surface area contributed by atoms with Gasteiger partial charge in [-0.15, -0.1) is 0 Å². The molecule has 2 saturated carbocycles. The molecule has 0 aromatic heterocycles. The van der Waals surface area contributed by atoms with E-state index in [1.54, 1.807) is 19.1 Å². The highest BCUT2D eigenvalue weighted by molar-refractivity contribution is 5.36. The summed E-state index contributed by atoms with van der Waals surface area (Å²) in [5.74, 6) is 1.02. The standard InChI is InChI=1S/C34H47F3O/c1-4-6-24-7-9-25(10-8-24)11-12-26-13-15-27(16-14-26)29-21-23(3)30(31(35)22-29)19-17-28-18-20-32(38-5-2)34(37)33(28)36/h18,20-22,24-27H,4-17,19H2,1-3H3. The van der Waals surface area contributed by atoms with Gasteiger partial charge in [-0.05, 0) is 110 Å². The molecule has 0 aliphatic heterocycles. The number of hydrogen-bond donors (Lipinski definition) is 0. The number of ether oxygens (including phenoxy) is 1. The first kappa shape index (κ1) is 29.0. The predicted molar refractivity (Wildman–Crippen MR) is 150 cm³/mol. The van der Waals surface area contributed by atoms with Crippen LogP contribution in [0.4, 0.5) is 13.2 Å². The molecule has 2 fully saturated rings. The molecule has 0 N–H and O–H groups in total. The van der Waals surface area contributed by atoms with Crippen molar-refractivity contribution in [3.63, 3.8) is 0 Å². The Hall–Kier alpha value is -1.97. The normalized spacial score (nSPS) is 23.9. The predicted octanol–water partition coefficient (Wildman–Crippen LogP) is 10.3. The summed E-state index contributed by atoms with van der Waals surface area (Å²) in [4.78, 5) is 0. The Kier molecular flexibility index (Phi) is 10.6. The van der Waals surface area contributed by atoms with Crippen molar-refractivity contribution in [2.24, 2.45) is 17.8 Å². The molecule has 38 heavy (non-hydrogen) atoms. The van der Waals surface area contributed by atoms with Gasteiger partial charge in [-0.3, -0.25) is 0 Å². The van der Waals surface area contributed by atoms with Crippen molar-refractivity contribution < 1.29 is 17.9 Å². The lowest BCUT2D eigenvalue weighted by Gasteiger charge is -2.32. The first-order valence-electron chi connectivity index (χ1n) is 15.3. The Morgan fingerprint density at radius 3 is 1.92 bits per heavy atom. The Balaban J connectivity index is 1.27. The largest absolute Gasteiger partial charge is 0.491 e. The molecular formula is C34H47F3O. The molecule has 2 aliphatic carbocycles. The molecule has 0 bridgehead atoms. The van der Waals surface area contributed by atoms with Crippen LogP contribution >= 0.6 is 0 Å². The first-order chi connectivity index (χ1) is 18.4. The van der Waals surface area contributed by atoms with Gasteiger partial charge in [-0.2, -0.15) is 4.39 Å². The molecule has 4 rings (SSSR count). The Labute approximate surface area is 228 Å². The maximum Gasteiger partial charge on any atom is 0.200 e. The summed E-state index contributed by atoms with van der Waals surface area (Å²) in [6, 6.07) is 6.84. The van der Waals surface area contributed by atoms with Gasteiger partial charge in [-0.1, -0.05) is 70.4 Å². The van der Waals surface area contributed by atoms with E-state index in [0.717, 1.165) is 41.7 Å². The average Bonchev–Trinajstić information content (AvgIpc) is 2.92. The zero-order chi connectivity index (χ0) is 27.1. The number of halogens is 3. The Morgan fingerprint density at radius 2 is 1.34 bits per heavy atom. The molecule has 0 spiro atoms. The summed E-state index contributed by atoms with van der Waals surface area (Å²) in [5, 5.41) is 0. The van der Waals surface area contributed by atoms with Crippen LogP contribution < -0.4 is 4.74 Å². The van der Waals surface area contributed by atoms with Crippen LogP contribution in [-0.2, 0) is 12.8 Å². The molecule has 0 heterocycles. The van der Waals surface area contributed by atoms with Gasteiger partial charge in [0.15, 0.2) is 11.6 Å². The van der Waals surface area contributed by atoms with E-state index in [1.807, 2.05) is 6.92 Å². The van der Waals surface area contributed by atoms with Gasteiger partial charge in [0.25, 0.3) is 0 Å². The Morgan fingerprint density at radius 1 is 0.737 bits per heavy atom. The fourth-order valence-corrected chi connectivity index (χ4v) is 7.12. The van der Waals surface area contributed by atoms with Gasteiger partial charge in [-0.25, -0.2) is 8.78 Å². The van der Waals surface area contributed by atoms with E-state index in [1.165, 1.54) is 70.3 Å². The van der Waals surface area contributed by atoms with Gasteiger partial charge >= 0.3 is 0 Å². The summed E-state index contributed by atoms with van der Waals surface area (Å²) in [5.41, 5.74) is 2.87. The van der Waals surface area contributed by atoms with Crippen molar-refractivity contribution >= 4 is 0 Å². The summed E-state index contributed by atoms with van der Waals surface area (Å²) < 4.78 is 49.0. The van der Waals surface area contributed by atoms with E-state index in [2.05, 4.69) is 13.0 Å². The van der Waals surface area contributed by atoms with E-state index < -0.39 is 11.6 Å². The molecule has 2 aliphatic rings. The van der Waals surface area contributed by atoms with Crippen LogP contribution in [0.3, 0.4) is 0 Å². The van der Waals surface area contributed by atoms with Crippen LogP contribution in [0.1, 0.15) is 119 Å². The number of aryl methyl sites for hydroxylation is 2. The molecule has 0 radical (unpaired) electrons. The lowest BCUT2D eigenvalue weighted by molar-refractivity contribution is 0.224. The molecule has 0 atom stereocenters. The van der Waals surface area contributed by atoms with E-state index >= 15 is 4.39 Å². The van der Waals surface area contributed by atoms with Crippen LogP contribution in [0.15, 0.2) is 24.3 Å². The summed E-state index contributed by atoms with van der Waals surface area (Å²) >= 11 is 0. The van der Waals surface area contributed by atoms with Crippen molar-refractivity contribution in [2.75, 3.05) is 6.61 Å². The van der Waals surface area contributed by atoms with Crippen LogP contribution in [0, 0.1) is 42.1 Å². The smallest absolute Gasteiger partial charge is 0.200 e. The molecule has 0 amide bonds. The highest BCUT2D eigenvalue weighted by atomic mass is 19.2. The van der Waals surface area contributed by atoms with Crippen LogP contribution in [0.25, 0.3) is 0 Å². The molecule has 210 valence electrons. The van der Waals surface area contributed by atoms with E-state index in [4.69, 9.17) is 4.74 Å². The topological polar surface area (TPSA) is 9.23 Å². The molecule has 0 saturated heterocycles. The minimum Gasteiger partial charge on any atom is -0.491 e. The van der Waals surface area contributed by atoms with E-state index in [-0.39, 0.29) is 30.2 Å². The average molecular weight is 529 g/mol. The van der Waals surface area contributed by atoms with Crippen molar-refractivity contribution in [1.82, 2.24) is 0 Å². The molecule has 2 aromatic carbocycles. The van der Waals surface area contributed by atoms with Gasteiger partial charge in [0.05, 0.1) is 6.61 Å². The zero-order valence-electron chi connectivity index (χ0n) is 23.8. The number of rotatable bonds is 11. The molecule has 0 unspecified atom stereocenters. The molecule has 4 heteroatoms. The van der Waals surface area contributed by atoms with Crippen molar-refractivity contribution in [1.29, 1.82) is 0 Å². The second-order valence-electron chi connectivity index (χ2n) is 12.1. The quantitative estimate of drug-likeness (QED) is 0.282. The first-order valence-corrected chi connectivity index (χ1v) is 15.3. The van der Waals surface area contributed by atoms with Crippen molar-refractivity contribution in [2.45, 2.75) is 117 Å². The van der Waals surface area contributed by atoms with E-state index in [0.29, 0.717) is 17.9 Å². The van der Waals surface area contributed by atoms with Crippen molar-refractivity contribution in [3.8, 4) is 5.75 Å². The Bertz CT molecular complexity index is 1010. The summed E-state index contributed by atoms with van der Waals surface area (Å²) in [6.45, 7) is 6.25. The van der Waals surface area contributed by atoms with Crippen LogP contribution in [0.5, 0.6) is 5.75 Å². The second kappa shape index (κ2) is 13.9.